The topological polar surface area (TPSA) is 89.8 Å². The van der Waals surface area contributed by atoms with Crippen molar-refractivity contribution in [3.05, 3.63) is 71.5 Å². The Morgan fingerprint density at radius 2 is 1.79 bits per heavy atom. The van der Waals surface area contributed by atoms with Gasteiger partial charge in [-0.25, -0.2) is 0 Å². The van der Waals surface area contributed by atoms with E-state index in [4.69, 9.17) is 11.6 Å². The van der Waals surface area contributed by atoms with Gasteiger partial charge in [-0.15, -0.1) is 0 Å². The molecule has 0 unspecified atom stereocenters. The predicted octanol–water partition coefficient (Wildman–Crippen LogP) is 4.34. The molecule has 2 aromatic heterocycles. The molecule has 0 bridgehead atoms. The summed E-state index contributed by atoms with van der Waals surface area (Å²) in [4.78, 5) is 4.55. The van der Waals surface area contributed by atoms with Gasteiger partial charge in [-0.3, -0.25) is 0 Å². The Balaban J connectivity index is 1.64. The normalized spacial score (nSPS) is 11.5. The van der Waals surface area contributed by atoms with Gasteiger partial charge in [-0.1, -0.05) is 29.8 Å². The van der Waals surface area contributed by atoms with E-state index >= 15 is 0 Å². The first-order valence-electron chi connectivity index (χ1n) is 8.17. The summed E-state index contributed by atoms with van der Waals surface area (Å²) in [7, 11) is -3.83. The summed E-state index contributed by atoms with van der Waals surface area (Å²) in [5.74, 6) is 0.415. The Kier molecular flexibility index (Phi) is 4.88. The van der Waals surface area contributed by atoms with Gasteiger partial charge in [0.05, 0.1) is 22.3 Å². The third-order valence-corrected chi connectivity index (χ3v) is 6.36. The summed E-state index contributed by atoms with van der Waals surface area (Å²) >= 11 is 7.03. The maximum absolute atomic E-state index is 12.8. The summed E-state index contributed by atoms with van der Waals surface area (Å²) in [6.07, 6.45) is 1.42. The maximum atomic E-state index is 12.8. The molecule has 0 atom stereocenters. The van der Waals surface area contributed by atoms with Crippen LogP contribution in [0.1, 0.15) is 5.69 Å². The predicted molar refractivity (Wildman–Crippen MR) is 110 cm³/mol. The monoisotopic (exact) mass is 431 g/mol. The van der Waals surface area contributed by atoms with Crippen LogP contribution in [0.3, 0.4) is 0 Å². The smallest absolute Gasteiger partial charge is 0.282 e. The minimum absolute atomic E-state index is 0.101. The van der Waals surface area contributed by atoms with Crippen LogP contribution in [0.25, 0.3) is 11.4 Å². The van der Waals surface area contributed by atoms with Gasteiger partial charge in [-0.2, -0.15) is 27.0 Å². The summed E-state index contributed by atoms with van der Waals surface area (Å²) in [5, 5.41) is 8.38. The summed E-state index contributed by atoms with van der Waals surface area (Å²) in [5.41, 5.74) is 1.96. The molecule has 2 heterocycles. The van der Waals surface area contributed by atoms with Gasteiger partial charge in [0.2, 0.25) is 5.13 Å². The van der Waals surface area contributed by atoms with Crippen molar-refractivity contribution in [1.29, 1.82) is 0 Å². The minimum Gasteiger partial charge on any atom is -0.330 e. The maximum Gasteiger partial charge on any atom is 0.282 e. The SMILES string of the molecule is Cc1nn(S(=O)(=O)c2ccc(Cl)cc2)cc1-c1nsc(Nc2ccccc2)n1. The fourth-order valence-electron chi connectivity index (χ4n) is 2.52. The van der Waals surface area contributed by atoms with E-state index in [0.29, 0.717) is 27.2 Å². The number of aryl methyl sites for hydroxylation is 1. The van der Waals surface area contributed by atoms with Crippen molar-refractivity contribution in [2.24, 2.45) is 0 Å². The van der Waals surface area contributed by atoms with Crippen LogP contribution in [-0.2, 0) is 10.0 Å². The largest absolute Gasteiger partial charge is 0.330 e. The molecule has 2 aromatic carbocycles. The highest BCUT2D eigenvalue weighted by molar-refractivity contribution is 7.89. The summed E-state index contributed by atoms with van der Waals surface area (Å²) < 4.78 is 30.9. The molecule has 0 amide bonds. The molecule has 0 saturated heterocycles. The fraction of sp³-hybridized carbons (Fsp3) is 0.0556. The Morgan fingerprint density at radius 1 is 1.07 bits per heavy atom. The Hall–Kier alpha value is -2.75. The first-order valence-corrected chi connectivity index (χ1v) is 10.8. The lowest BCUT2D eigenvalue weighted by Gasteiger charge is -2.03. The molecule has 4 aromatic rings. The molecule has 0 spiro atoms. The van der Waals surface area contributed by atoms with Crippen molar-refractivity contribution in [1.82, 2.24) is 18.5 Å². The molecule has 1 N–H and O–H groups in total. The number of hydrogen-bond donors (Lipinski definition) is 1. The van der Waals surface area contributed by atoms with E-state index in [0.717, 1.165) is 9.77 Å². The molecular formula is C18H14ClN5O2S2. The number of aromatic nitrogens is 4. The van der Waals surface area contributed by atoms with Crippen molar-refractivity contribution in [3.8, 4) is 11.4 Å². The number of anilines is 2. The molecule has 10 heteroatoms. The lowest BCUT2D eigenvalue weighted by atomic mass is 10.2. The van der Waals surface area contributed by atoms with Crippen LogP contribution in [0.2, 0.25) is 5.02 Å². The number of hydrogen-bond acceptors (Lipinski definition) is 7. The van der Waals surface area contributed by atoms with E-state index in [-0.39, 0.29) is 4.90 Å². The highest BCUT2D eigenvalue weighted by Crippen LogP contribution is 2.27. The third-order valence-electron chi connectivity index (χ3n) is 3.93. The third kappa shape index (κ3) is 3.64. The Labute approximate surface area is 170 Å². The second-order valence-corrected chi connectivity index (χ2v) is 8.86. The molecule has 7 nitrogen and oxygen atoms in total. The minimum atomic E-state index is -3.83. The zero-order valence-electron chi connectivity index (χ0n) is 14.6. The first-order chi connectivity index (χ1) is 13.4. The highest BCUT2D eigenvalue weighted by atomic mass is 35.5. The standard InChI is InChI=1S/C18H14ClN5O2S2/c1-12-16(17-21-18(27-23-17)20-14-5-3-2-4-6-14)11-24(22-12)28(25,26)15-9-7-13(19)8-10-15/h2-11H,1H3,(H,20,21,23). The molecule has 0 aliphatic rings. The second-order valence-electron chi connectivity index (χ2n) is 5.87. The van der Waals surface area contributed by atoms with Crippen molar-refractivity contribution in [3.63, 3.8) is 0 Å². The van der Waals surface area contributed by atoms with Gasteiger partial charge in [-0.05, 0) is 43.3 Å². The molecule has 142 valence electrons. The van der Waals surface area contributed by atoms with Gasteiger partial charge in [0.15, 0.2) is 5.82 Å². The van der Waals surface area contributed by atoms with Gasteiger partial charge in [0.1, 0.15) is 0 Å². The lowest BCUT2D eigenvalue weighted by molar-refractivity contribution is 0.579. The molecular weight excluding hydrogens is 418 g/mol. The zero-order chi connectivity index (χ0) is 19.7. The molecule has 4 rings (SSSR count). The number of nitrogens with zero attached hydrogens (tertiary/aromatic N) is 4. The summed E-state index contributed by atoms with van der Waals surface area (Å²) in [6.45, 7) is 1.72. The van der Waals surface area contributed by atoms with Crippen molar-refractivity contribution >= 4 is 44.0 Å². The van der Waals surface area contributed by atoms with E-state index in [9.17, 15) is 8.42 Å². The molecule has 0 aliphatic heterocycles. The molecule has 0 radical (unpaired) electrons. The van der Waals surface area contributed by atoms with Crippen molar-refractivity contribution < 1.29 is 8.42 Å². The summed E-state index contributed by atoms with van der Waals surface area (Å²) in [6, 6.07) is 15.5. The van der Waals surface area contributed by atoms with Gasteiger partial charge >= 0.3 is 0 Å². The van der Waals surface area contributed by atoms with Crippen LogP contribution in [0, 0.1) is 6.92 Å². The Morgan fingerprint density at radius 3 is 2.50 bits per heavy atom. The zero-order valence-corrected chi connectivity index (χ0v) is 17.0. The van der Waals surface area contributed by atoms with Crippen molar-refractivity contribution in [2.45, 2.75) is 11.8 Å². The fourth-order valence-corrected chi connectivity index (χ4v) is 4.42. The number of para-hydroxylation sites is 1. The van der Waals surface area contributed by atoms with E-state index in [1.807, 2.05) is 30.3 Å². The quantitative estimate of drug-likeness (QED) is 0.505. The molecule has 0 aliphatic carbocycles. The van der Waals surface area contributed by atoms with E-state index in [1.54, 1.807) is 6.92 Å². The molecule has 0 saturated carbocycles. The lowest BCUT2D eigenvalue weighted by Crippen LogP contribution is -2.13. The van der Waals surface area contributed by atoms with Gasteiger partial charge < -0.3 is 5.32 Å². The number of benzene rings is 2. The first kappa shape index (κ1) is 18.6. The average molecular weight is 432 g/mol. The van der Waals surface area contributed by atoms with Crippen LogP contribution in [0.5, 0.6) is 0 Å². The second kappa shape index (κ2) is 7.34. The molecule has 28 heavy (non-hydrogen) atoms. The van der Waals surface area contributed by atoms with E-state index in [1.165, 1.54) is 42.0 Å². The number of nitrogens with one attached hydrogen (secondary N) is 1. The van der Waals surface area contributed by atoms with Crippen LogP contribution in [0.4, 0.5) is 10.8 Å². The van der Waals surface area contributed by atoms with Gasteiger partial charge in [0, 0.05) is 22.2 Å². The average Bonchev–Trinajstić information content (AvgIpc) is 3.29. The van der Waals surface area contributed by atoms with E-state index in [2.05, 4.69) is 19.8 Å². The number of rotatable bonds is 5. The van der Waals surface area contributed by atoms with Crippen LogP contribution < -0.4 is 5.32 Å². The van der Waals surface area contributed by atoms with Crippen LogP contribution >= 0.6 is 23.1 Å². The highest BCUT2D eigenvalue weighted by Gasteiger charge is 2.22. The van der Waals surface area contributed by atoms with Crippen molar-refractivity contribution in [2.75, 3.05) is 5.32 Å². The Bertz CT molecular complexity index is 1220. The number of halogens is 1. The van der Waals surface area contributed by atoms with Crippen LogP contribution in [-0.4, -0.2) is 27.0 Å². The van der Waals surface area contributed by atoms with E-state index < -0.39 is 10.0 Å². The van der Waals surface area contributed by atoms with Crippen LogP contribution in [0.15, 0.2) is 65.7 Å². The van der Waals surface area contributed by atoms with Gasteiger partial charge in [0.25, 0.3) is 10.0 Å². The molecule has 0 fully saturated rings.